The summed E-state index contributed by atoms with van der Waals surface area (Å²) in [4.78, 5) is 13.4. The molecule has 1 saturated carbocycles. The Hall–Kier alpha value is -2.61. The lowest BCUT2D eigenvalue weighted by Gasteiger charge is -2.21. The fourth-order valence-electron chi connectivity index (χ4n) is 3.81. The summed E-state index contributed by atoms with van der Waals surface area (Å²) in [5, 5.41) is 10.7. The molecule has 0 aliphatic heterocycles. The van der Waals surface area contributed by atoms with Crippen molar-refractivity contribution in [3.8, 4) is 0 Å². The second kappa shape index (κ2) is 11.7. The summed E-state index contributed by atoms with van der Waals surface area (Å²) in [7, 11) is 0. The molecule has 1 aliphatic carbocycles. The number of hydrogen-bond acceptors (Lipinski definition) is 3. The Bertz CT molecular complexity index is 1170. The SMILES string of the molecule is O=C(Nc1ccc(NC(=S)Nc2ccc(SC3CCCCC3)c(Cl)c2)cc1)c1ccccc1F. The summed E-state index contributed by atoms with van der Waals surface area (Å²) in [5.74, 6) is -1.06. The molecule has 0 atom stereocenters. The van der Waals surface area contributed by atoms with Gasteiger partial charge < -0.3 is 16.0 Å². The van der Waals surface area contributed by atoms with Gasteiger partial charge in [0.15, 0.2) is 5.11 Å². The smallest absolute Gasteiger partial charge is 0.258 e. The molecule has 3 aromatic carbocycles. The van der Waals surface area contributed by atoms with Gasteiger partial charge in [-0.3, -0.25) is 4.79 Å². The van der Waals surface area contributed by atoms with Crippen molar-refractivity contribution in [2.24, 2.45) is 0 Å². The number of nitrogens with one attached hydrogen (secondary N) is 3. The highest BCUT2D eigenvalue weighted by Gasteiger charge is 2.16. The molecule has 0 heterocycles. The lowest BCUT2D eigenvalue weighted by atomic mass is 10.0. The van der Waals surface area contributed by atoms with Crippen LogP contribution in [0.2, 0.25) is 5.02 Å². The first-order valence-electron chi connectivity index (χ1n) is 11.2. The van der Waals surface area contributed by atoms with Gasteiger partial charge in [-0.1, -0.05) is 43.0 Å². The zero-order chi connectivity index (χ0) is 23.9. The van der Waals surface area contributed by atoms with E-state index in [0.29, 0.717) is 16.0 Å². The van der Waals surface area contributed by atoms with Gasteiger partial charge in [0.25, 0.3) is 5.91 Å². The molecule has 0 bridgehead atoms. The highest BCUT2D eigenvalue weighted by Crippen LogP contribution is 2.38. The van der Waals surface area contributed by atoms with E-state index < -0.39 is 11.7 Å². The van der Waals surface area contributed by atoms with E-state index in [4.69, 9.17) is 23.8 Å². The van der Waals surface area contributed by atoms with E-state index in [1.54, 1.807) is 36.4 Å². The van der Waals surface area contributed by atoms with Gasteiger partial charge >= 0.3 is 0 Å². The zero-order valence-electron chi connectivity index (χ0n) is 18.4. The minimum atomic E-state index is -0.560. The average molecular weight is 514 g/mol. The maximum Gasteiger partial charge on any atom is 0.258 e. The number of hydrogen-bond donors (Lipinski definition) is 3. The van der Waals surface area contributed by atoms with Gasteiger partial charge in [-0.15, -0.1) is 11.8 Å². The Balaban J connectivity index is 1.30. The van der Waals surface area contributed by atoms with Crippen LogP contribution in [0, 0.1) is 5.82 Å². The Kier molecular flexibility index (Phi) is 8.43. The third kappa shape index (κ3) is 6.72. The van der Waals surface area contributed by atoms with Crippen molar-refractivity contribution >= 4 is 63.7 Å². The van der Waals surface area contributed by atoms with Crippen LogP contribution < -0.4 is 16.0 Å². The fourth-order valence-corrected chi connectivity index (χ4v) is 5.61. The Labute approximate surface area is 213 Å². The highest BCUT2D eigenvalue weighted by atomic mass is 35.5. The molecule has 176 valence electrons. The summed E-state index contributed by atoms with van der Waals surface area (Å²) < 4.78 is 13.8. The van der Waals surface area contributed by atoms with E-state index in [1.165, 1.54) is 44.2 Å². The molecule has 3 N–H and O–H groups in total. The molecular weight excluding hydrogens is 489 g/mol. The molecular formula is C26H25ClFN3OS2. The van der Waals surface area contributed by atoms with Gasteiger partial charge in [0.1, 0.15) is 5.82 Å². The summed E-state index contributed by atoms with van der Waals surface area (Å²) in [6.07, 6.45) is 6.44. The second-order valence-corrected chi connectivity index (χ2v) is 10.3. The first-order chi connectivity index (χ1) is 16.5. The van der Waals surface area contributed by atoms with E-state index in [9.17, 15) is 9.18 Å². The third-order valence-corrected chi connectivity index (χ3v) is 7.60. The number of anilines is 3. The maximum atomic E-state index is 13.8. The molecule has 8 heteroatoms. The fraction of sp³-hybridized carbons (Fsp3) is 0.231. The van der Waals surface area contributed by atoms with Crippen LogP contribution in [0.1, 0.15) is 42.5 Å². The first kappa shape index (κ1) is 24.5. The van der Waals surface area contributed by atoms with Gasteiger partial charge in [-0.2, -0.15) is 0 Å². The number of halogens is 2. The van der Waals surface area contributed by atoms with E-state index in [-0.39, 0.29) is 5.56 Å². The van der Waals surface area contributed by atoms with Crippen LogP contribution in [0.15, 0.2) is 71.6 Å². The van der Waals surface area contributed by atoms with E-state index >= 15 is 0 Å². The summed E-state index contributed by atoms with van der Waals surface area (Å²) in [5.41, 5.74) is 2.11. The molecule has 34 heavy (non-hydrogen) atoms. The predicted octanol–water partition coefficient (Wildman–Crippen LogP) is 7.97. The normalized spacial score (nSPS) is 13.8. The number of amides is 1. The van der Waals surface area contributed by atoms with Gasteiger partial charge in [-0.25, -0.2) is 4.39 Å². The molecule has 0 unspecified atom stereocenters. The quantitative estimate of drug-likeness (QED) is 0.292. The number of carbonyl (C=O) groups is 1. The molecule has 1 amide bonds. The molecule has 3 aromatic rings. The van der Waals surface area contributed by atoms with Crippen LogP contribution in [-0.2, 0) is 0 Å². The van der Waals surface area contributed by atoms with Crippen LogP contribution in [-0.4, -0.2) is 16.3 Å². The molecule has 0 spiro atoms. The van der Waals surface area contributed by atoms with Crippen molar-refractivity contribution in [3.63, 3.8) is 0 Å². The number of rotatable bonds is 6. The van der Waals surface area contributed by atoms with Crippen molar-refractivity contribution in [3.05, 3.63) is 83.1 Å². The topological polar surface area (TPSA) is 53.2 Å². The zero-order valence-corrected chi connectivity index (χ0v) is 20.8. The maximum absolute atomic E-state index is 13.8. The van der Waals surface area contributed by atoms with Gasteiger partial charge in [-0.05, 0) is 79.7 Å². The molecule has 4 nitrogen and oxygen atoms in total. The molecule has 1 fully saturated rings. The number of thiocarbonyl (C=S) groups is 1. The van der Waals surface area contributed by atoms with Crippen LogP contribution in [0.25, 0.3) is 0 Å². The predicted molar refractivity (Wildman–Crippen MR) is 145 cm³/mol. The number of carbonyl (C=O) groups excluding carboxylic acids is 1. The average Bonchev–Trinajstić information content (AvgIpc) is 2.83. The third-order valence-electron chi connectivity index (χ3n) is 5.55. The Morgan fingerprint density at radius 1 is 0.882 bits per heavy atom. The van der Waals surface area contributed by atoms with Crippen LogP contribution in [0.5, 0.6) is 0 Å². The Morgan fingerprint density at radius 3 is 2.18 bits per heavy atom. The van der Waals surface area contributed by atoms with Gasteiger partial charge in [0.2, 0.25) is 0 Å². The van der Waals surface area contributed by atoms with Crippen LogP contribution >= 0.6 is 35.6 Å². The van der Waals surface area contributed by atoms with E-state index in [2.05, 4.69) is 16.0 Å². The summed E-state index contributed by atoms with van der Waals surface area (Å²) >= 11 is 13.8. The van der Waals surface area contributed by atoms with Crippen molar-refractivity contribution in [2.75, 3.05) is 16.0 Å². The molecule has 4 rings (SSSR count). The molecule has 0 radical (unpaired) electrons. The van der Waals surface area contributed by atoms with Crippen molar-refractivity contribution in [1.82, 2.24) is 0 Å². The monoisotopic (exact) mass is 513 g/mol. The largest absolute Gasteiger partial charge is 0.332 e. The van der Waals surface area contributed by atoms with Crippen molar-refractivity contribution in [2.45, 2.75) is 42.2 Å². The molecule has 0 saturated heterocycles. The summed E-state index contributed by atoms with van der Waals surface area (Å²) in [6, 6.07) is 18.8. The summed E-state index contributed by atoms with van der Waals surface area (Å²) in [6.45, 7) is 0. The number of thioether (sulfide) groups is 1. The molecule has 0 aromatic heterocycles. The van der Waals surface area contributed by atoms with Gasteiger partial charge in [0.05, 0.1) is 10.6 Å². The molecule has 1 aliphatic rings. The van der Waals surface area contributed by atoms with E-state index in [0.717, 1.165) is 21.3 Å². The number of benzene rings is 3. The highest BCUT2D eigenvalue weighted by molar-refractivity contribution is 8.00. The van der Waals surface area contributed by atoms with Crippen molar-refractivity contribution in [1.29, 1.82) is 0 Å². The first-order valence-corrected chi connectivity index (χ1v) is 12.8. The minimum absolute atomic E-state index is 0.00287. The second-order valence-electron chi connectivity index (χ2n) is 8.11. The van der Waals surface area contributed by atoms with E-state index in [1.807, 2.05) is 30.0 Å². The van der Waals surface area contributed by atoms with Gasteiger partial charge in [0, 0.05) is 27.2 Å². The lowest BCUT2D eigenvalue weighted by Crippen LogP contribution is -2.19. The minimum Gasteiger partial charge on any atom is -0.332 e. The standard InChI is InChI=1S/C26H25ClFN3OS2/c27-22-16-19(14-15-24(22)34-20-6-2-1-3-7-20)31-26(33)30-18-12-10-17(11-13-18)29-25(32)21-8-4-5-9-23(21)28/h4-5,8-16,20H,1-3,6-7H2,(H,29,32)(H2,30,31,33). The Morgan fingerprint density at radius 2 is 1.50 bits per heavy atom. The van der Waals surface area contributed by atoms with Crippen LogP contribution in [0.3, 0.4) is 0 Å². The lowest BCUT2D eigenvalue weighted by molar-refractivity contribution is 0.102. The van der Waals surface area contributed by atoms with Crippen LogP contribution in [0.4, 0.5) is 21.5 Å². The van der Waals surface area contributed by atoms with Crippen molar-refractivity contribution < 1.29 is 9.18 Å².